The Hall–Kier alpha value is -3.67. The van der Waals surface area contributed by atoms with E-state index in [9.17, 15) is 0 Å². The molecule has 3 aromatic rings. The van der Waals surface area contributed by atoms with Gasteiger partial charge in [-0.15, -0.1) is 0 Å². The molecule has 1 aliphatic rings. The summed E-state index contributed by atoms with van der Waals surface area (Å²) in [6, 6.07) is 15.9. The molecule has 0 fully saturated rings. The topological polar surface area (TPSA) is 68.1 Å². The fraction of sp³-hybridized carbons (Fsp3) is 0.174. The molecule has 6 nitrogen and oxygen atoms in total. The van der Waals surface area contributed by atoms with Crippen molar-refractivity contribution in [1.29, 1.82) is 0 Å². The van der Waals surface area contributed by atoms with Gasteiger partial charge in [-0.3, -0.25) is 10.4 Å². The smallest absolute Gasteiger partial charge is 0.161 e. The van der Waals surface area contributed by atoms with Crippen LogP contribution in [0.25, 0.3) is 0 Å². The van der Waals surface area contributed by atoms with Gasteiger partial charge in [0.05, 0.1) is 19.9 Å². The number of fused-ring (bicyclic) bond motifs is 1. The van der Waals surface area contributed by atoms with Crippen molar-refractivity contribution in [2.75, 3.05) is 14.2 Å². The van der Waals surface area contributed by atoms with Crippen molar-refractivity contribution in [3.05, 3.63) is 83.2 Å². The van der Waals surface area contributed by atoms with Gasteiger partial charge in [0.1, 0.15) is 5.71 Å². The maximum Gasteiger partial charge on any atom is 0.161 e. The van der Waals surface area contributed by atoms with Crippen molar-refractivity contribution >= 4 is 17.2 Å². The Bertz CT molecular complexity index is 1090. The second-order valence-electron chi connectivity index (χ2n) is 6.54. The Morgan fingerprint density at radius 3 is 2.38 bits per heavy atom. The van der Waals surface area contributed by atoms with Crippen LogP contribution in [0, 0.1) is 0 Å². The van der Waals surface area contributed by atoms with E-state index in [-0.39, 0.29) is 0 Å². The summed E-state index contributed by atoms with van der Waals surface area (Å²) >= 11 is 0. The molecule has 1 aromatic heterocycles. The van der Waals surface area contributed by atoms with Crippen LogP contribution >= 0.6 is 0 Å². The SMILES string of the molecule is CCc1ccc2c(c1)C(c1ccc(OC)c(OC)c1)=NNC(c1ccncc1)=N2. The highest BCUT2D eigenvalue weighted by Gasteiger charge is 2.19. The summed E-state index contributed by atoms with van der Waals surface area (Å²) in [5, 5.41) is 4.72. The van der Waals surface area contributed by atoms with E-state index >= 15 is 0 Å². The van der Waals surface area contributed by atoms with E-state index in [0.717, 1.165) is 34.5 Å². The summed E-state index contributed by atoms with van der Waals surface area (Å²) in [6.45, 7) is 2.13. The number of nitrogens with zero attached hydrogens (tertiary/aromatic N) is 3. The first-order chi connectivity index (χ1) is 14.2. The molecule has 1 N–H and O–H groups in total. The number of hydrogen-bond donors (Lipinski definition) is 1. The number of methoxy groups -OCH3 is 2. The lowest BCUT2D eigenvalue weighted by Crippen LogP contribution is -2.19. The fourth-order valence-corrected chi connectivity index (χ4v) is 3.25. The predicted octanol–water partition coefficient (Wildman–Crippen LogP) is 4.10. The van der Waals surface area contributed by atoms with Crippen LogP contribution in [0.5, 0.6) is 11.5 Å². The Morgan fingerprint density at radius 2 is 1.66 bits per heavy atom. The monoisotopic (exact) mass is 386 g/mol. The zero-order chi connectivity index (χ0) is 20.2. The number of nitrogens with one attached hydrogen (secondary N) is 1. The molecule has 0 amide bonds. The van der Waals surface area contributed by atoms with E-state index in [0.29, 0.717) is 17.3 Å². The van der Waals surface area contributed by atoms with Crippen molar-refractivity contribution in [3.63, 3.8) is 0 Å². The van der Waals surface area contributed by atoms with E-state index in [1.165, 1.54) is 5.56 Å². The van der Waals surface area contributed by atoms with Crippen LogP contribution in [0.4, 0.5) is 5.69 Å². The summed E-state index contributed by atoms with van der Waals surface area (Å²) in [5.74, 6) is 2.00. The van der Waals surface area contributed by atoms with Crippen LogP contribution in [-0.4, -0.2) is 30.8 Å². The number of benzene rings is 2. The van der Waals surface area contributed by atoms with Crippen molar-refractivity contribution in [1.82, 2.24) is 10.4 Å². The van der Waals surface area contributed by atoms with Gasteiger partial charge in [-0.05, 0) is 54.4 Å². The second kappa shape index (κ2) is 8.14. The highest BCUT2D eigenvalue weighted by molar-refractivity contribution is 6.18. The van der Waals surface area contributed by atoms with Crippen LogP contribution in [0.3, 0.4) is 0 Å². The van der Waals surface area contributed by atoms with Crippen LogP contribution in [0.15, 0.2) is 71.0 Å². The van der Waals surface area contributed by atoms with Crippen molar-refractivity contribution < 1.29 is 9.47 Å². The van der Waals surface area contributed by atoms with E-state index in [1.807, 2.05) is 36.4 Å². The number of amidine groups is 1. The Balaban J connectivity index is 1.87. The summed E-state index contributed by atoms with van der Waals surface area (Å²) in [6.07, 6.45) is 4.41. The zero-order valence-corrected chi connectivity index (χ0v) is 16.6. The predicted molar refractivity (Wildman–Crippen MR) is 115 cm³/mol. The first-order valence-electron chi connectivity index (χ1n) is 9.42. The first kappa shape index (κ1) is 18.7. The molecule has 146 valence electrons. The lowest BCUT2D eigenvalue weighted by Gasteiger charge is -2.12. The summed E-state index contributed by atoms with van der Waals surface area (Å²) in [4.78, 5) is 8.93. The Morgan fingerprint density at radius 1 is 0.862 bits per heavy atom. The van der Waals surface area contributed by atoms with Crippen LogP contribution in [0.2, 0.25) is 0 Å². The lowest BCUT2D eigenvalue weighted by atomic mass is 9.97. The quantitative estimate of drug-likeness (QED) is 0.717. The molecule has 0 saturated heterocycles. The minimum absolute atomic E-state index is 0.653. The van der Waals surface area contributed by atoms with Crippen LogP contribution in [-0.2, 0) is 6.42 Å². The van der Waals surface area contributed by atoms with E-state index in [2.05, 4.69) is 29.5 Å². The molecule has 4 rings (SSSR count). The van der Waals surface area contributed by atoms with Gasteiger partial charge >= 0.3 is 0 Å². The molecule has 1 aliphatic heterocycles. The average molecular weight is 386 g/mol. The molecule has 0 radical (unpaired) electrons. The molecule has 0 atom stereocenters. The normalized spacial score (nSPS) is 12.8. The van der Waals surface area contributed by atoms with Gasteiger partial charge in [0.25, 0.3) is 0 Å². The zero-order valence-electron chi connectivity index (χ0n) is 16.6. The van der Waals surface area contributed by atoms with Gasteiger partial charge in [0, 0.05) is 29.1 Å². The molecule has 0 saturated carbocycles. The highest BCUT2D eigenvalue weighted by atomic mass is 16.5. The van der Waals surface area contributed by atoms with Gasteiger partial charge in [-0.25, -0.2) is 4.99 Å². The van der Waals surface area contributed by atoms with Crippen molar-refractivity contribution in [2.45, 2.75) is 13.3 Å². The first-order valence-corrected chi connectivity index (χ1v) is 9.42. The lowest BCUT2D eigenvalue weighted by molar-refractivity contribution is 0.355. The van der Waals surface area contributed by atoms with Crippen molar-refractivity contribution in [2.24, 2.45) is 10.1 Å². The molecule has 0 aliphatic carbocycles. The van der Waals surface area contributed by atoms with Gasteiger partial charge in [0.2, 0.25) is 0 Å². The van der Waals surface area contributed by atoms with Gasteiger partial charge in [-0.1, -0.05) is 13.0 Å². The summed E-state index contributed by atoms with van der Waals surface area (Å²) in [7, 11) is 3.25. The van der Waals surface area contributed by atoms with Crippen LogP contribution in [0.1, 0.15) is 29.2 Å². The van der Waals surface area contributed by atoms with Gasteiger partial charge in [0.15, 0.2) is 17.3 Å². The van der Waals surface area contributed by atoms with Crippen LogP contribution < -0.4 is 14.9 Å². The summed E-state index contributed by atoms with van der Waals surface area (Å²) in [5.41, 5.74) is 8.80. The molecule has 29 heavy (non-hydrogen) atoms. The van der Waals surface area contributed by atoms with E-state index in [4.69, 9.17) is 19.6 Å². The second-order valence-corrected chi connectivity index (χ2v) is 6.54. The third-order valence-electron chi connectivity index (χ3n) is 4.84. The molecule has 0 spiro atoms. The van der Waals surface area contributed by atoms with Gasteiger partial charge in [-0.2, -0.15) is 5.10 Å². The number of aryl methyl sites for hydroxylation is 1. The molecule has 2 heterocycles. The van der Waals surface area contributed by atoms with Gasteiger partial charge < -0.3 is 9.47 Å². The number of rotatable bonds is 5. The maximum atomic E-state index is 5.49. The molecule has 6 heteroatoms. The fourth-order valence-electron chi connectivity index (χ4n) is 3.25. The standard InChI is InChI=1S/C23H22N4O2/c1-4-15-5-7-19-18(13-15)22(17-6-8-20(28-2)21(14-17)29-3)26-27-23(25-19)16-9-11-24-12-10-16/h5-14H,4H2,1-3H3,(H,25,27). The molecular formula is C23H22N4O2. The Labute approximate surface area is 169 Å². The third kappa shape index (κ3) is 3.69. The number of hydrazone groups is 1. The van der Waals surface area contributed by atoms with E-state index in [1.54, 1.807) is 26.6 Å². The largest absolute Gasteiger partial charge is 0.493 e. The highest BCUT2D eigenvalue weighted by Crippen LogP contribution is 2.32. The van der Waals surface area contributed by atoms with Crippen molar-refractivity contribution in [3.8, 4) is 11.5 Å². The minimum Gasteiger partial charge on any atom is -0.493 e. The molecule has 0 bridgehead atoms. The van der Waals surface area contributed by atoms with E-state index < -0.39 is 0 Å². The number of hydrogen-bond acceptors (Lipinski definition) is 6. The molecule has 2 aromatic carbocycles. The number of aliphatic imine (C=N–C) groups is 1. The average Bonchev–Trinajstić information content (AvgIpc) is 2.98. The number of ether oxygens (including phenoxy) is 2. The number of pyridine rings is 1. The Kier molecular flexibility index (Phi) is 5.24. The minimum atomic E-state index is 0.653. The third-order valence-corrected chi connectivity index (χ3v) is 4.84. The summed E-state index contributed by atoms with van der Waals surface area (Å²) < 4.78 is 10.9. The molecule has 0 unspecified atom stereocenters. The number of aromatic nitrogens is 1. The molecular weight excluding hydrogens is 364 g/mol. The maximum absolute atomic E-state index is 5.49.